The predicted molar refractivity (Wildman–Crippen MR) is 76.1 cm³/mol. The average Bonchev–Trinajstić information content (AvgIpc) is 3.24. The Morgan fingerprint density at radius 3 is 2.14 bits per heavy atom. The Morgan fingerprint density at radius 1 is 0.952 bits per heavy atom. The average molecular weight is 304 g/mol. The van der Waals surface area contributed by atoms with Crippen molar-refractivity contribution in [2.75, 3.05) is 0 Å². The van der Waals surface area contributed by atoms with Gasteiger partial charge in [0.15, 0.2) is 9.84 Å². The van der Waals surface area contributed by atoms with E-state index in [-0.39, 0.29) is 10.7 Å². The topological polar surface area (TPSA) is 51.2 Å². The number of hydrogen-bond donors (Lipinski definition) is 0. The molecule has 3 atom stereocenters. The second-order valence-electron chi connectivity index (χ2n) is 5.11. The van der Waals surface area contributed by atoms with Crippen molar-refractivity contribution in [2.45, 2.75) is 16.1 Å². The molecule has 3 rings (SSSR count). The van der Waals surface area contributed by atoms with Crippen LogP contribution in [0, 0.1) is 11.7 Å². The number of halogens is 1. The molecule has 0 amide bonds. The summed E-state index contributed by atoms with van der Waals surface area (Å²) in [6, 6.07) is 13.7. The van der Waals surface area contributed by atoms with Gasteiger partial charge in [0.1, 0.15) is 12.1 Å². The highest BCUT2D eigenvalue weighted by atomic mass is 32.2. The molecule has 1 saturated carbocycles. The number of sulfone groups is 1. The lowest BCUT2D eigenvalue weighted by Gasteiger charge is -2.03. The molecular formula is C16H13FO3S. The summed E-state index contributed by atoms with van der Waals surface area (Å²) in [5.74, 6) is -1.35. The summed E-state index contributed by atoms with van der Waals surface area (Å²) in [4.78, 5) is 11.4. The van der Waals surface area contributed by atoms with Gasteiger partial charge in [-0.05, 0) is 29.8 Å². The Hall–Kier alpha value is -2.01. The standard InChI is InChI=1S/C16H13FO3S/c17-12-8-6-11(7-9-12)15-14(10-18)16(15)21(19,20)13-4-2-1-3-5-13/h1-10,14-16H/t14-,15-,16+/m1/s1. The molecule has 2 aromatic rings. The van der Waals surface area contributed by atoms with Crippen LogP contribution in [-0.2, 0) is 14.6 Å². The van der Waals surface area contributed by atoms with Crippen LogP contribution in [0.3, 0.4) is 0 Å². The van der Waals surface area contributed by atoms with E-state index in [1.54, 1.807) is 18.2 Å². The smallest absolute Gasteiger partial charge is 0.182 e. The monoisotopic (exact) mass is 304 g/mol. The fourth-order valence-corrected chi connectivity index (χ4v) is 4.86. The third-order valence-corrected chi connectivity index (χ3v) is 6.10. The van der Waals surface area contributed by atoms with Gasteiger partial charge in [-0.15, -0.1) is 0 Å². The second-order valence-corrected chi connectivity index (χ2v) is 7.22. The van der Waals surface area contributed by atoms with Crippen molar-refractivity contribution < 1.29 is 17.6 Å². The van der Waals surface area contributed by atoms with Gasteiger partial charge in [0.05, 0.1) is 10.1 Å². The van der Waals surface area contributed by atoms with Crippen molar-refractivity contribution in [1.82, 2.24) is 0 Å². The summed E-state index contributed by atoms with van der Waals surface area (Å²) in [6.07, 6.45) is 0.680. The van der Waals surface area contributed by atoms with Crippen LogP contribution in [0.1, 0.15) is 11.5 Å². The molecule has 0 radical (unpaired) electrons. The van der Waals surface area contributed by atoms with Crippen molar-refractivity contribution in [2.24, 2.45) is 5.92 Å². The fraction of sp³-hybridized carbons (Fsp3) is 0.188. The molecule has 0 unspecified atom stereocenters. The molecule has 0 bridgehead atoms. The molecule has 1 fully saturated rings. The van der Waals surface area contributed by atoms with Gasteiger partial charge >= 0.3 is 0 Å². The molecule has 0 aromatic heterocycles. The molecule has 0 spiro atoms. The van der Waals surface area contributed by atoms with Crippen LogP contribution < -0.4 is 0 Å². The van der Waals surface area contributed by atoms with Gasteiger partial charge in [-0.2, -0.15) is 0 Å². The largest absolute Gasteiger partial charge is 0.303 e. The Morgan fingerprint density at radius 2 is 1.57 bits per heavy atom. The van der Waals surface area contributed by atoms with Gasteiger partial charge < -0.3 is 4.79 Å². The molecule has 5 heteroatoms. The molecule has 1 aliphatic rings. The zero-order valence-electron chi connectivity index (χ0n) is 11.0. The molecule has 1 aliphatic carbocycles. The van der Waals surface area contributed by atoms with Gasteiger partial charge in [0.25, 0.3) is 0 Å². The zero-order valence-corrected chi connectivity index (χ0v) is 11.8. The molecule has 0 N–H and O–H groups in total. The van der Waals surface area contributed by atoms with E-state index in [0.29, 0.717) is 11.8 Å². The lowest BCUT2D eigenvalue weighted by molar-refractivity contribution is -0.108. The van der Waals surface area contributed by atoms with E-state index >= 15 is 0 Å². The number of carbonyl (C=O) groups excluding carboxylic acids is 1. The van der Waals surface area contributed by atoms with Crippen LogP contribution >= 0.6 is 0 Å². The normalized spacial score (nSPS) is 24.5. The third kappa shape index (κ3) is 2.38. The van der Waals surface area contributed by atoms with Crippen molar-refractivity contribution in [1.29, 1.82) is 0 Å². The first-order chi connectivity index (χ1) is 10.1. The Labute approximate surface area is 122 Å². The maximum atomic E-state index is 13.0. The van der Waals surface area contributed by atoms with E-state index < -0.39 is 26.9 Å². The number of benzene rings is 2. The van der Waals surface area contributed by atoms with Gasteiger partial charge in [0.2, 0.25) is 0 Å². The first kappa shape index (κ1) is 13.9. The van der Waals surface area contributed by atoms with E-state index in [1.165, 1.54) is 36.4 Å². The van der Waals surface area contributed by atoms with Crippen LogP contribution in [0.15, 0.2) is 59.5 Å². The van der Waals surface area contributed by atoms with Gasteiger partial charge in [-0.25, -0.2) is 12.8 Å². The van der Waals surface area contributed by atoms with Crippen LogP contribution in [0.5, 0.6) is 0 Å². The first-order valence-corrected chi connectivity index (χ1v) is 8.10. The van der Waals surface area contributed by atoms with E-state index in [0.717, 1.165) is 0 Å². The SMILES string of the molecule is O=C[C@@H]1[C@@H](c2ccc(F)cc2)[C@H]1S(=O)(=O)c1ccccc1. The van der Waals surface area contributed by atoms with Gasteiger partial charge in [0, 0.05) is 11.8 Å². The maximum Gasteiger partial charge on any atom is 0.182 e. The number of aldehydes is 1. The highest BCUT2D eigenvalue weighted by Crippen LogP contribution is 2.52. The van der Waals surface area contributed by atoms with E-state index in [9.17, 15) is 17.6 Å². The highest BCUT2D eigenvalue weighted by molar-refractivity contribution is 7.92. The predicted octanol–water partition coefficient (Wildman–Crippen LogP) is 2.58. The van der Waals surface area contributed by atoms with Crippen molar-refractivity contribution >= 4 is 16.1 Å². The maximum absolute atomic E-state index is 13.0. The minimum atomic E-state index is -3.56. The summed E-state index contributed by atoms with van der Waals surface area (Å²) in [6.45, 7) is 0. The summed E-state index contributed by atoms with van der Waals surface area (Å²) in [5.41, 5.74) is 0.679. The number of hydrogen-bond acceptors (Lipinski definition) is 3. The highest BCUT2D eigenvalue weighted by Gasteiger charge is 2.58. The Bertz CT molecular complexity index is 754. The summed E-state index contributed by atoms with van der Waals surface area (Å²) in [5, 5.41) is -0.761. The number of carbonyl (C=O) groups is 1. The Balaban J connectivity index is 1.96. The fourth-order valence-electron chi connectivity index (χ4n) is 2.73. The lowest BCUT2D eigenvalue weighted by Crippen LogP contribution is -2.10. The lowest BCUT2D eigenvalue weighted by atomic mass is 10.1. The summed E-state index contributed by atoms with van der Waals surface area (Å²) >= 11 is 0. The molecule has 0 heterocycles. The quantitative estimate of drug-likeness (QED) is 0.816. The molecule has 108 valence electrons. The van der Waals surface area contributed by atoms with Gasteiger partial charge in [-0.1, -0.05) is 30.3 Å². The van der Waals surface area contributed by atoms with Crippen LogP contribution in [-0.4, -0.2) is 20.0 Å². The van der Waals surface area contributed by atoms with Crippen molar-refractivity contribution in [3.8, 4) is 0 Å². The van der Waals surface area contributed by atoms with E-state index in [4.69, 9.17) is 0 Å². The number of rotatable bonds is 4. The van der Waals surface area contributed by atoms with Crippen molar-refractivity contribution in [3.05, 3.63) is 66.0 Å². The summed E-state index contributed by atoms with van der Waals surface area (Å²) in [7, 11) is -3.56. The molecule has 2 aromatic carbocycles. The first-order valence-electron chi connectivity index (χ1n) is 6.55. The van der Waals surface area contributed by atoms with Crippen LogP contribution in [0.25, 0.3) is 0 Å². The van der Waals surface area contributed by atoms with E-state index in [1.807, 2.05) is 0 Å². The molecule has 0 aliphatic heterocycles. The van der Waals surface area contributed by atoms with Gasteiger partial charge in [-0.3, -0.25) is 0 Å². The Kier molecular flexibility index (Phi) is 3.37. The third-order valence-electron chi connectivity index (χ3n) is 3.85. The minimum absolute atomic E-state index is 0.214. The molecular weight excluding hydrogens is 291 g/mol. The van der Waals surface area contributed by atoms with Crippen LogP contribution in [0.2, 0.25) is 0 Å². The molecule has 0 saturated heterocycles. The second kappa shape index (κ2) is 5.07. The van der Waals surface area contributed by atoms with E-state index in [2.05, 4.69) is 0 Å². The van der Waals surface area contributed by atoms with Crippen LogP contribution in [0.4, 0.5) is 4.39 Å². The van der Waals surface area contributed by atoms with Crippen molar-refractivity contribution in [3.63, 3.8) is 0 Å². The zero-order chi connectivity index (χ0) is 15.0. The minimum Gasteiger partial charge on any atom is -0.303 e. The summed E-state index contributed by atoms with van der Waals surface area (Å²) < 4.78 is 38.1. The molecule has 3 nitrogen and oxygen atoms in total. The molecule has 21 heavy (non-hydrogen) atoms.